The maximum Gasteiger partial charge on any atom is 0.433 e. The summed E-state index contributed by atoms with van der Waals surface area (Å²) in [6.07, 6.45) is -7.38. The Balaban J connectivity index is 2.00. The van der Waals surface area contributed by atoms with Gasteiger partial charge in [0.2, 0.25) is 5.88 Å². The Morgan fingerprint density at radius 2 is 1.76 bits per heavy atom. The molecule has 0 fully saturated rings. The molecule has 4 rings (SSSR count). The van der Waals surface area contributed by atoms with Gasteiger partial charge >= 0.3 is 12.4 Å². The van der Waals surface area contributed by atoms with Crippen LogP contribution < -0.4 is 4.74 Å². The first kappa shape index (κ1) is 25.9. The maximum atomic E-state index is 13.3. The van der Waals surface area contributed by atoms with E-state index >= 15 is 0 Å². The van der Waals surface area contributed by atoms with Gasteiger partial charge < -0.3 is 14.4 Å². The van der Waals surface area contributed by atoms with Crippen LogP contribution >= 0.6 is 0 Å². The number of aryl methyl sites for hydroxylation is 1. The molecule has 0 saturated heterocycles. The first-order valence-corrected chi connectivity index (χ1v) is 10.5. The van der Waals surface area contributed by atoms with Gasteiger partial charge in [-0.25, -0.2) is 9.97 Å². The molecule has 7 nitrogen and oxygen atoms in total. The van der Waals surface area contributed by atoms with Gasteiger partial charge in [-0.1, -0.05) is 12.1 Å². The zero-order valence-corrected chi connectivity index (χ0v) is 19.2. The van der Waals surface area contributed by atoms with Gasteiger partial charge in [-0.3, -0.25) is 4.98 Å². The fourth-order valence-electron chi connectivity index (χ4n) is 4.11. The lowest BCUT2D eigenvalue weighted by atomic mass is 9.83. The summed E-state index contributed by atoms with van der Waals surface area (Å²) in [5.41, 5.74) is -3.97. The van der Waals surface area contributed by atoms with Crippen molar-refractivity contribution < 1.29 is 36.2 Å². The first-order valence-electron chi connectivity index (χ1n) is 10.5. The summed E-state index contributed by atoms with van der Waals surface area (Å²) in [5, 5.41) is 21.7. The Bertz CT molecular complexity index is 1510. The number of pyridine rings is 2. The highest BCUT2D eigenvalue weighted by Gasteiger charge is 2.39. The summed E-state index contributed by atoms with van der Waals surface area (Å²) in [5.74, 6) is -0.372. The third-order valence-electron chi connectivity index (χ3n) is 5.81. The predicted octanol–water partition coefficient (Wildman–Crippen LogP) is 4.65. The van der Waals surface area contributed by atoms with Gasteiger partial charge in [-0.2, -0.15) is 31.6 Å². The van der Waals surface area contributed by atoms with Crippen LogP contribution in [0, 0.1) is 11.3 Å². The summed E-state index contributed by atoms with van der Waals surface area (Å²) in [7, 11) is 2.67. The molecule has 0 amide bonds. The zero-order chi connectivity index (χ0) is 27.2. The van der Waals surface area contributed by atoms with Crippen molar-refractivity contribution in [2.24, 2.45) is 7.05 Å². The van der Waals surface area contributed by atoms with Crippen LogP contribution in [0.25, 0.3) is 10.9 Å². The van der Waals surface area contributed by atoms with Crippen LogP contribution in [0.1, 0.15) is 33.6 Å². The third-order valence-corrected chi connectivity index (χ3v) is 5.81. The molecule has 0 radical (unpaired) electrons. The largest absolute Gasteiger partial charge is 0.481 e. The number of aromatic nitrogens is 4. The van der Waals surface area contributed by atoms with E-state index in [2.05, 4.69) is 15.0 Å². The molecule has 0 unspecified atom stereocenters. The maximum absolute atomic E-state index is 13.3. The molecular formula is C24H17F6N5O2. The molecule has 0 bridgehead atoms. The minimum absolute atomic E-state index is 0.0134. The number of rotatable bonds is 5. The molecule has 1 atom stereocenters. The van der Waals surface area contributed by atoms with E-state index in [0.717, 1.165) is 19.4 Å². The normalized spacial score (nSPS) is 13.8. The molecule has 192 valence electrons. The Morgan fingerprint density at radius 3 is 2.27 bits per heavy atom. The number of benzene rings is 1. The van der Waals surface area contributed by atoms with Gasteiger partial charge in [0.25, 0.3) is 0 Å². The molecule has 0 aliphatic carbocycles. The molecule has 3 heterocycles. The van der Waals surface area contributed by atoms with Crippen molar-refractivity contribution in [3.63, 3.8) is 0 Å². The van der Waals surface area contributed by atoms with Gasteiger partial charge in [0.15, 0.2) is 5.60 Å². The number of ether oxygens (including phenoxy) is 1. The highest BCUT2D eigenvalue weighted by molar-refractivity contribution is 5.88. The summed E-state index contributed by atoms with van der Waals surface area (Å²) >= 11 is 0. The molecule has 37 heavy (non-hydrogen) atoms. The Kier molecular flexibility index (Phi) is 6.33. The van der Waals surface area contributed by atoms with Gasteiger partial charge in [-0.05, 0) is 23.8 Å². The minimum atomic E-state index is -4.71. The number of nitrogens with zero attached hydrogens (tertiary/aromatic N) is 5. The van der Waals surface area contributed by atoms with Crippen molar-refractivity contribution in [3.05, 3.63) is 82.7 Å². The molecule has 13 heteroatoms. The van der Waals surface area contributed by atoms with Crippen molar-refractivity contribution in [2.45, 2.75) is 24.4 Å². The predicted molar refractivity (Wildman–Crippen MR) is 117 cm³/mol. The number of methoxy groups -OCH3 is 1. The van der Waals surface area contributed by atoms with Crippen molar-refractivity contribution in [2.75, 3.05) is 7.11 Å². The Morgan fingerprint density at radius 1 is 1.05 bits per heavy atom. The SMILES string of the molecule is COc1nc2ccc([C@](O)(c3ccc(C(F)(F)F)nc3)c3cncn3C)cc2c(C#N)c1CC(F)(F)F. The highest BCUT2D eigenvalue weighted by Crippen LogP contribution is 2.40. The first-order chi connectivity index (χ1) is 17.3. The molecule has 0 aliphatic heterocycles. The van der Waals surface area contributed by atoms with Crippen LogP contribution in [0.2, 0.25) is 0 Å². The number of aliphatic hydroxyl groups is 1. The fraction of sp³-hybridized carbons (Fsp3) is 0.250. The van der Waals surface area contributed by atoms with E-state index in [1.165, 1.54) is 35.3 Å². The van der Waals surface area contributed by atoms with Gasteiger partial charge in [0.1, 0.15) is 11.8 Å². The highest BCUT2D eigenvalue weighted by atomic mass is 19.4. The number of imidazole rings is 1. The zero-order valence-electron chi connectivity index (χ0n) is 19.2. The molecule has 4 aromatic rings. The second-order valence-electron chi connectivity index (χ2n) is 8.14. The summed E-state index contributed by atoms with van der Waals surface area (Å²) < 4.78 is 85.5. The van der Waals surface area contributed by atoms with E-state index in [4.69, 9.17) is 4.74 Å². The van der Waals surface area contributed by atoms with Crippen LogP contribution in [0.4, 0.5) is 26.3 Å². The lowest BCUT2D eigenvalue weighted by Gasteiger charge is -2.30. The van der Waals surface area contributed by atoms with Crippen LogP contribution in [0.15, 0.2) is 49.1 Å². The molecule has 1 N–H and O–H groups in total. The Hall–Kier alpha value is -4.18. The number of halogens is 6. The third kappa shape index (κ3) is 4.67. The van der Waals surface area contributed by atoms with Crippen molar-refractivity contribution in [3.8, 4) is 11.9 Å². The second-order valence-corrected chi connectivity index (χ2v) is 8.14. The van der Waals surface area contributed by atoms with Crippen molar-refractivity contribution >= 4 is 10.9 Å². The summed E-state index contributed by atoms with van der Waals surface area (Å²) in [6.45, 7) is 0. The average Bonchev–Trinajstić information content (AvgIpc) is 3.27. The molecule has 1 aromatic carbocycles. The lowest BCUT2D eigenvalue weighted by molar-refractivity contribution is -0.141. The van der Waals surface area contributed by atoms with E-state index in [-0.39, 0.29) is 39.2 Å². The number of fused-ring (bicyclic) bond motifs is 1. The van der Waals surface area contributed by atoms with Gasteiger partial charge in [-0.15, -0.1) is 0 Å². The minimum Gasteiger partial charge on any atom is -0.481 e. The monoisotopic (exact) mass is 521 g/mol. The quantitative estimate of drug-likeness (QED) is 0.384. The van der Waals surface area contributed by atoms with E-state index in [1.54, 1.807) is 13.1 Å². The molecular weight excluding hydrogens is 504 g/mol. The molecule has 0 saturated carbocycles. The second kappa shape index (κ2) is 9.04. The standard InChI is InChI=1S/C24H17F6N5O2/c1-35-12-32-11-20(35)23(36,14-4-6-19(33-10-14)24(28,29)30)13-3-5-18-15(7-13)17(9-31)16(8-22(25,26)27)21(34-18)37-2/h3-7,10-12,36H,8H2,1-2H3/t23-/m0/s1. The average molecular weight is 521 g/mol. The van der Waals surface area contributed by atoms with Gasteiger partial charge in [0.05, 0.1) is 42.8 Å². The molecule has 3 aromatic heterocycles. The number of hydrogen-bond donors (Lipinski definition) is 1. The molecule has 0 aliphatic rings. The van der Waals surface area contributed by atoms with E-state index < -0.39 is 35.6 Å². The smallest absolute Gasteiger partial charge is 0.433 e. The topological polar surface area (TPSA) is 96.8 Å². The number of hydrogen-bond acceptors (Lipinski definition) is 6. The number of nitriles is 1. The van der Waals surface area contributed by atoms with Crippen LogP contribution in [-0.4, -0.2) is 37.9 Å². The summed E-state index contributed by atoms with van der Waals surface area (Å²) in [4.78, 5) is 11.5. The van der Waals surface area contributed by atoms with E-state index in [0.29, 0.717) is 6.07 Å². The molecule has 0 spiro atoms. The van der Waals surface area contributed by atoms with Crippen LogP contribution in [-0.2, 0) is 25.2 Å². The van der Waals surface area contributed by atoms with Crippen molar-refractivity contribution in [1.29, 1.82) is 5.26 Å². The Labute approximate surface area is 205 Å². The van der Waals surface area contributed by atoms with Crippen LogP contribution in [0.3, 0.4) is 0 Å². The fourth-order valence-corrected chi connectivity index (χ4v) is 4.11. The number of alkyl halides is 6. The van der Waals surface area contributed by atoms with E-state index in [1.807, 2.05) is 0 Å². The lowest BCUT2D eigenvalue weighted by Crippen LogP contribution is -2.31. The van der Waals surface area contributed by atoms with Crippen molar-refractivity contribution in [1.82, 2.24) is 19.5 Å². The van der Waals surface area contributed by atoms with E-state index in [9.17, 15) is 36.7 Å². The van der Waals surface area contributed by atoms with Gasteiger partial charge in [0, 0.05) is 29.8 Å². The van der Waals surface area contributed by atoms with Crippen LogP contribution in [0.5, 0.6) is 5.88 Å². The summed E-state index contributed by atoms with van der Waals surface area (Å²) in [6, 6.07) is 7.54.